The average molecular weight is 418 g/mol. The summed E-state index contributed by atoms with van der Waals surface area (Å²) in [6, 6.07) is 0.322. The highest BCUT2D eigenvalue weighted by molar-refractivity contribution is 7.20. The summed E-state index contributed by atoms with van der Waals surface area (Å²) in [6.07, 6.45) is 1.87. The van der Waals surface area contributed by atoms with E-state index in [-0.39, 0.29) is 5.97 Å². The molecule has 0 radical (unpaired) electrons. The van der Waals surface area contributed by atoms with Crippen molar-refractivity contribution in [1.82, 2.24) is 19.9 Å². The minimum absolute atomic E-state index is 0.314. The third-order valence-electron chi connectivity index (χ3n) is 5.22. The number of thiophene rings is 1. The molecule has 1 atom stereocenters. The highest BCUT2D eigenvalue weighted by atomic mass is 32.1. The zero-order chi connectivity index (χ0) is 19.8. The number of carbonyl (C=O) groups excluding carboxylic acids is 1. The van der Waals surface area contributed by atoms with Crippen molar-refractivity contribution in [1.29, 1.82) is 0 Å². The van der Waals surface area contributed by atoms with Crippen LogP contribution in [0.25, 0.3) is 10.2 Å². The summed E-state index contributed by atoms with van der Waals surface area (Å²) in [6.45, 7) is 9.71. The van der Waals surface area contributed by atoms with Gasteiger partial charge in [0.1, 0.15) is 26.4 Å². The minimum Gasteiger partial charge on any atom is -0.465 e. The van der Waals surface area contributed by atoms with Crippen LogP contribution in [0.4, 0.5) is 5.82 Å². The van der Waals surface area contributed by atoms with E-state index in [1.807, 2.05) is 25.4 Å². The standard InChI is InChI=1S/C19H23N5O2S2/c1-11-14-16(21-13(3)22-18(14)28-15(11)19(25)26-4)24-8-6-23(7-9-24)12(2)17-20-5-10-27-17/h5,10,12H,6-9H2,1-4H3. The fourth-order valence-corrected chi connectivity index (χ4v) is 5.52. The molecule has 0 aromatic carbocycles. The van der Waals surface area contributed by atoms with E-state index in [1.54, 1.807) is 11.3 Å². The second-order valence-electron chi connectivity index (χ2n) is 6.89. The molecule has 1 aliphatic rings. The lowest BCUT2D eigenvalue weighted by molar-refractivity contribution is 0.0605. The third kappa shape index (κ3) is 3.38. The number of rotatable bonds is 4. The van der Waals surface area contributed by atoms with Crippen LogP contribution in [0.15, 0.2) is 11.6 Å². The third-order valence-corrected chi connectivity index (χ3v) is 7.34. The van der Waals surface area contributed by atoms with Gasteiger partial charge in [-0.2, -0.15) is 0 Å². The summed E-state index contributed by atoms with van der Waals surface area (Å²) in [4.78, 5) is 32.1. The zero-order valence-electron chi connectivity index (χ0n) is 16.4. The quantitative estimate of drug-likeness (QED) is 0.602. The second-order valence-corrected chi connectivity index (χ2v) is 8.82. The van der Waals surface area contributed by atoms with Gasteiger partial charge in [0.2, 0.25) is 0 Å². The monoisotopic (exact) mass is 417 g/mol. The van der Waals surface area contributed by atoms with Gasteiger partial charge in [0, 0.05) is 37.8 Å². The van der Waals surface area contributed by atoms with Gasteiger partial charge in [0.15, 0.2) is 0 Å². The van der Waals surface area contributed by atoms with E-state index in [9.17, 15) is 4.79 Å². The van der Waals surface area contributed by atoms with Crippen LogP contribution in [0.1, 0.15) is 39.0 Å². The van der Waals surface area contributed by atoms with Gasteiger partial charge in [-0.25, -0.2) is 19.7 Å². The maximum atomic E-state index is 12.1. The van der Waals surface area contributed by atoms with Crippen LogP contribution in [0.2, 0.25) is 0 Å². The van der Waals surface area contributed by atoms with Crippen molar-refractivity contribution >= 4 is 44.7 Å². The number of methoxy groups -OCH3 is 1. The van der Waals surface area contributed by atoms with E-state index in [0.29, 0.717) is 10.9 Å². The Morgan fingerprint density at radius 3 is 2.61 bits per heavy atom. The Kier molecular flexibility index (Phi) is 5.31. The molecule has 148 valence electrons. The lowest BCUT2D eigenvalue weighted by Crippen LogP contribution is -2.47. The Balaban J connectivity index is 1.61. The molecule has 1 unspecified atom stereocenters. The number of esters is 1. The van der Waals surface area contributed by atoms with Crippen LogP contribution in [-0.2, 0) is 4.74 Å². The first-order chi connectivity index (χ1) is 13.5. The van der Waals surface area contributed by atoms with Crippen LogP contribution >= 0.6 is 22.7 Å². The van der Waals surface area contributed by atoms with Gasteiger partial charge < -0.3 is 9.64 Å². The molecule has 1 fully saturated rings. The Bertz CT molecular complexity index is 994. The van der Waals surface area contributed by atoms with Crippen LogP contribution < -0.4 is 4.90 Å². The largest absolute Gasteiger partial charge is 0.465 e. The van der Waals surface area contributed by atoms with E-state index < -0.39 is 0 Å². The molecular formula is C19H23N5O2S2. The first-order valence-corrected chi connectivity index (χ1v) is 10.9. The van der Waals surface area contributed by atoms with Gasteiger partial charge in [-0.05, 0) is 26.3 Å². The Morgan fingerprint density at radius 1 is 1.21 bits per heavy atom. The number of anilines is 1. The summed E-state index contributed by atoms with van der Waals surface area (Å²) in [5.74, 6) is 1.33. The van der Waals surface area contributed by atoms with Gasteiger partial charge >= 0.3 is 5.97 Å². The van der Waals surface area contributed by atoms with Gasteiger partial charge in [-0.1, -0.05) is 0 Å². The predicted molar refractivity (Wildman–Crippen MR) is 113 cm³/mol. The number of hydrogen-bond donors (Lipinski definition) is 0. The molecule has 0 N–H and O–H groups in total. The lowest BCUT2D eigenvalue weighted by atomic mass is 10.1. The normalized spacial score (nSPS) is 16.5. The molecule has 0 aliphatic carbocycles. The number of piperazine rings is 1. The molecule has 3 aromatic rings. The first kappa shape index (κ1) is 19.2. The van der Waals surface area contributed by atoms with Crippen LogP contribution in [-0.4, -0.2) is 59.1 Å². The highest BCUT2D eigenvalue weighted by Gasteiger charge is 2.27. The van der Waals surface area contributed by atoms with Gasteiger partial charge in [-0.15, -0.1) is 22.7 Å². The number of aromatic nitrogens is 3. The van der Waals surface area contributed by atoms with Crippen LogP contribution in [0, 0.1) is 13.8 Å². The summed E-state index contributed by atoms with van der Waals surface area (Å²) < 4.78 is 4.94. The van der Waals surface area contributed by atoms with Crippen molar-refractivity contribution in [3.63, 3.8) is 0 Å². The van der Waals surface area contributed by atoms with Crippen molar-refractivity contribution in [3.05, 3.63) is 32.8 Å². The van der Waals surface area contributed by atoms with E-state index >= 15 is 0 Å². The molecule has 1 aliphatic heterocycles. The molecule has 0 amide bonds. The van der Waals surface area contributed by atoms with Gasteiger partial charge in [0.25, 0.3) is 0 Å². The molecule has 4 heterocycles. The molecule has 3 aromatic heterocycles. The molecular weight excluding hydrogens is 394 g/mol. The van der Waals surface area contributed by atoms with E-state index in [1.165, 1.54) is 18.4 Å². The molecule has 0 bridgehead atoms. The summed E-state index contributed by atoms with van der Waals surface area (Å²) in [7, 11) is 1.41. The Labute approximate surface area is 172 Å². The van der Waals surface area contributed by atoms with E-state index in [0.717, 1.165) is 58.6 Å². The van der Waals surface area contributed by atoms with E-state index in [4.69, 9.17) is 9.72 Å². The molecule has 4 rings (SSSR count). The average Bonchev–Trinajstić information content (AvgIpc) is 3.35. The topological polar surface area (TPSA) is 71.5 Å². The van der Waals surface area contributed by atoms with Crippen LogP contribution in [0.3, 0.4) is 0 Å². The number of fused-ring (bicyclic) bond motifs is 1. The maximum absolute atomic E-state index is 12.1. The van der Waals surface area contributed by atoms with Crippen molar-refractivity contribution in [2.75, 3.05) is 38.2 Å². The number of carbonyl (C=O) groups is 1. The van der Waals surface area contributed by atoms with Gasteiger partial charge in [-0.3, -0.25) is 4.90 Å². The zero-order valence-corrected chi connectivity index (χ0v) is 18.1. The molecule has 9 heteroatoms. The number of thiazole rings is 1. The minimum atomic E-state index is -0.314. The number of nitrogens with zero attached hydrogens (tertiary/aromatic N) is 5. The SMILES string of the molecule is COC(=O)c1sc2nc(C)nc(N3CCN(C(C)c4nccs4)CC3)c2c1C. The molecule has 28 heavy (non-hydrogen) atoms. The van der Waals surface area contributed by atoms with Crippen LogP contribution in [0.5, 0.6) is 0 Å². The molecule has 0 saturated carbocycles. The number of ether oxygens (including phenoxy) is 1. The first-order valence-electron chi connectivity index (χ1n) is 9.24. The maximum Gasteiger partial charge on any atom is 0.348 e. The molecule has 7 nitrogen and oxygen atoms in total. The predicted octanol–water partition coefficient (Wildman–Crippen LogP) is 3.43. The van der Waals surface area contributed by atoms with Crippen molar-refractivity contribution < 1.29 is 9.53 Å². The Hall–Kier alpha value is -2.10. The number of hydrogen-bond acceptors (Lipinski definition) is 9. The van der Waals surface area contributed by atoms with Gasteiger partial charge in [0.05, 0.1) is 18.5 Å². The number of aryl methyl sites for hydroxylation is 2. The fraction of sp³-hybridized carbons (Fsp3) is 0.474. The molecule has 0 spiro atoms. The molecule has 1 saturated heterocycles. The highest BCUT2D eigenvalue weighted by Crippen LogP contribution is 2.36. The smallest absolute Gasteiger partial charge is 0.348 e. The summed E-state index contributed by atoms with van der Waals surface area (Å²) >= 11 is 3.09. The fourth-order valence-electron chi connectivity index (χ4n) is 3.66. The lowest BCUT2D eigenvalue weighted by Gasteiger charge is -2.38. The summed E-state index contributed by atoms with van der Waals surface area (Å²) in [5.41, 5.74) is 0.903. The second kappa shape index (κ2) is 7.73. The van der Waals surface area contributed by atoms with Crippen molar-refractivity contribution in [2.24, 2.45) is 0 Å². The van der Waals surface area contributed by atoms with Crippen molar-refractivity contribution in [3.8, 4) is 0 Å². The van der Waals surface area contributed by atoms with E-state index in [2.05, 4.69) is 26.7 Å². The Morgan fingerprint density at radius 2 is 1.96 bits per heavy atom. The van der Waals surface area contributed by atoms with Crippen molar-refractivity contribution in [2.45, 2.75) is 26.8 Å². The summed E-state index contributed by atoms with van der Waals surface area (Å²) in [5, 5.41) is 4.16.